The van der Waals surface area contributed by atoms with Gasteiger partial charge in [-0.25, -0.2) is 0 Å². The first kappa shape index (κ1) is 20.1. The molecule has 0 fully saturated rings. The molecule has 5 nitrogen and oxygen atoms in total. The zero-order valence-electron chi connectivity index (χ0n) is 13.5. The van der Waals surface area contributed by atoms with Gasteiger partial charge < -0.3 is 15.4 Å². The fraction of sp³-hybridized carbons (Fsp3) is 0.176. The van der Waals surface area contributed by atoms with Crippen molar-refractivity contribution in [3.63, 3.8) is 0 Å². The third kappa shape index (κ3) is 6.24. The van der Waals surface area contributed by atoms with E-state index in [1.165, 1.54) is 42.5 Å². The number of ether oxygens (including phenoxy) is 1. The number of hydrogen-bond acceptors (Lipinski definition) is 3. The topological polar surface area (TPSA) is 67.4 Å². The maximum absolute atomic E-state index is 12.3. The number of para-hydroxylation sites is 1. The molecule has 2 aromatic carbocycles. The third-order valence-electron chi connectivity index (χ3n) is 3.19. The smallest absolute Gasteiger partial charge is 0.405 e. The summed E-state index contributed by atoms with van der Waals surface area (Å²) >= 11 is 0. The lowest BCUT2D eigenvalue weighted by Crippen LogP contribution is -2.34. The van der Waals surface area contributed by atoms with Crippen molar-refractivity contribution in [1.82, 2.24) is 5.32 Å². The maximum atomic E-state index is 12.3. The minimum Gasteiger partial charge on any atom is -0.435 e. The van der Waals surface area contributed by atoms with Crippen molar-refractivity contribution in [3.05, 3.63) is 59.7 Å². The summed E-state index contributed by atoms with van der Waals surface area (Å²) in [6.45, 7) is -4.59. The first-order valence-electron chi connectivity index (χ1n) is 7.46. The van der Waals surface area contributed by atoms with Gasteiger partial charge in [0.1, 0.15) is 12.3 Å². The number of carbonyl (C=O) groups excluding carboxylic acids is 2. The summed E-state index contributed by atoms with van der Waals surface area (Å²) in [5.74, 6) is -2.03. The van der Waals surface area contributed by atoms with E-state index in [-0.39, 0.29) is 22.6 Å². The highest BCUT2D eigenvalue weighted by Crippen LogP contribution is 2.20. The molecule has 0 saturated carbocycles. The molecule has 0 unspecified atom stereocenters. The minimum absolute atomic E-state index is 0.0395. The van der Waals surface area contributed by atoms with Crippen LogP contribution in [0, 0.1) is 0 Å². The van der Waals surface area contributed by atoms with Crippen molar-refractivity contribution in [2.24, 2.45) is 0 Å². The van der Waals surface area contributed by atoms with Crippen LogP contribution in [0.1, 0.15) is 20.7 Å². The molecule has 27 heavy (non-hydrogen) atoms. The molecule has 0 aliphatic rings. The number of benzene rings is 2. The van der Waals surface area contributed by atoms with Gasteiger partial charge in [0.15, 0.2) is 0 Å². The van der Waals surface area contributed by atoms with Gasteiger partial charge in [-0.05, 0) is 30.3 Å². The third-order valence-corrected chi connectivity index (χ3v) is 3.19. The average molecular weight is 388 g/mol. The molecular weight excluding hydrogens is 375 g/mol. The monoisotopic (exact) mass is 388 g/mol. The molecule has 0 aromatic heterocycles. The largest absolute Gasteiger partial charge is 0.435 e. The Hall–Kier alpha value is -3.17. The van der Waals surface area contributed by atoms with Crippen LogP contribution in [0.15, 0.2) is 48.5 Å². The zero-order valence-corrected chi connectivity index (χ0v) is 13.5. The normalized spacial score (nSPS) is 11.2. The lowest BCUT2D eigenvalue weighted by molar-refractivity contribution is -0.123. The van der Waals surface area contributed by atoms with Crippen LogP contribution < -0.4 is 15.4 Å². The number of nitrogens with one attached hydrogen (secondary N) is 2. The van der Waals surface area contributed by atoms with Crippen LogP contribution in [-0.4, -0.2) is 31.1 Å². The van der Waals surface area contributed by atoms with Gasteiger partial charge in [0.25, 0.3) is 11.8 Å². The number of carbonyl (C=O) groups is 2. The summed E-state index contributed by atoms with van der Waals surface area (Å²) in [5.41, 5.74) is -0.268. The van der Waals surface area contributed by atoms with Gasteiger partial charge in [0, 0.05) is 5.56 Å². The van der Waals surface area contributed by atoms with Crippen molar-refractivity contribution in [3.8, 4) is 5.75 Å². The summed E-state index contributed by atoms with van der Waals surface area (Å²) in [6.07, 6.45) is -4.58. The predicted octanol–water partition coefficient (Wildman–Crippen LogP) is 3.83. The Labute approximate surface area is 150 Å². The fourth-order valence-electron chi connectivity index (χ4n) is 2.07. The maximum Gasteiger partial charge on any atom is 0.405 e. The first-order chi connectivity index (χ1) is 12.7. The fourth-order valence-corrected chi connectivity index (χ4v) is 2.07. The highest BCUT2D eigenvalue weighted by atomic mass is 19.4. The van der Waals surface area contributed by atoms with Crippen molar-refractivity contribution in [1.29, 1.82) is 0 Å². The summed E-state index contributed by atoms with van der Waals surface area (Å²) in [6, 6.07) is 10.4. The summed E-state index contributed by atoms with van der Waals surface area (Å²) < 4.78 is 65.4. The van der Waals surface area contributed by atoms with E-state index < -0.39 is 31.1 Å². The Morgan fingerprint density at radius 2 is 1.70 bits per heavy atom. The van der Waals surface area contributed by atoms with E-state index in [0.29, 0.717) is 0 Å². The molecule has 0 heterocycles. The van der Waals surface area contributed by atoms with Gasteiger partial charge in [-0.2, -0.15) is 22.0 Å². The van der Waals surface area contributed by atoms with Crippen LogP contribution in [0.2, 0.25) is 0 Å². The van der Waals surface area contributed by atoms with Crippen molar-refractivity contribution < 1.29 is 36.3 Å². The molecule has 0 radical (unpaired) electrons. The molecule has 0 bridgehead atoms. The highest BCUT2D eigenvalue weighted by molar-refractivity contribution is 6.09. The van der Waals surface area contributed by atoms with Gasteiger partial charge in [-0.1, -0.05) is 18.2 Å². The van der Waals surface area contributed by atoms with Crippen molar-refractivity contribution >= 4 is 17.5 Å². The Bertz CT molecular complexity index is 824. The molecule has 10 heteroatoms. The van der Waals surface area contributed by atoms with Crippen LogP contribution in [0.5, 0.6) is 5.75 Å². The lowest BCUT2D eigenvalue weighted by Gasteiger charge is -2.13. The van der Waals surface area contributed by atoms with Gasteiger partial charge in [-0.15, -0.1) is 0 Å². The number of alkyl halides is 5. The first-order valence-corrected chi connectivity index (χ1v) is 7.46. The highest BCUT2D eigenvalue weighted by Gasteiger charge is 2.28. The van der Waals surface area contributed by atoms with Crippen LogP contribution in [0.3, 0.4) is 0 Å². The second-order valence-electron chi connectivity index (χ2n) is 5.20. The standard InChI is InChI=1S/C17H13F5N2O3/c18-16(19)27-11-5-3-4-10(8-11)14(25)24-13-7-2-1-6-12(13)15(26)23-9-17(20,21)22/h1-8,16H,9H2,(H,23,26)(H,24,25). The van der Waals surface area contributed by atoms with E-state index in [0.717, 1.165) is 6.07 Å². The van der Waals surface area contributed by atoms with E-state index in [2.05, 4.69) is 10.1 Å². The number of amides is 2. The van der Waals surface area contributed by atoms with Crippen LogP contribution in [-0.2, 0) is 0 Å². The molecule has 2 N–H and O–H groups in total. The summed E-state index contributed by atoms with van der Waals surface area (Å²) in [7, 11) is 0. The van der Waals surface area contributed by atoms with Crippen LogP contribution in [0.4, 0.5) is 27.6 Å². The van der Waals surface area contributed by atoms with E-state index in [9.17, 15) is 31.5 Å². The second kappa shape index (κ2) is 8.47. The molecule has 0 aliphatic carbocycles. The van der Waals surface area contributed by atoms with E-state index in [1.807, 2.05) is 0 Å². The van der Waals surface area contributed by atoms with Crippen LogP contribution in [0.25, 0.3) is 0 Å². The Morgan fingerprint density at radius 3 is 2.37 bits per heavy atom. The van der Waals surface area contributed by atoms with Crippen molar-refractivity contribution in [2.45, 2.75) is 12.8 Å². The molecule has 144 valence electrons. The van der Waals surface area contributed by atoms with Crippen LogP contribution >= 0.6 is 0 Å². The van der Waals surface area contributed by atoms with Crippen molar-refractivity contribution in [2.75, 3.05) is 11.9 Å². The Balaban J connectivity index is 2.16. The van der Waals surface area contributed by atoms with Gasteiger partial charge in [0.05, 0.1) is 11.3 Å². The Kier molecular flexibility index (Phi) is 6.32. The van der Waals surface area contributed by atoms with Gasteiger partial charge in [0.2, 0.25) is 0 Å². The molecule has 0 spiro atoms. The van der Waals surface area contributed by atoms with Gasteiger partial charge >= 0.3 is 12.8 Å². The molecular formula is C17H13F5N2O3. The quantitative estimate of drug-likeness (QED) is 0.739. The van der Waals surface area contributed by atoms with E-state index in [1.54, 1.807) is 5.32 Å². The number of anilines is 1. The predicted molar refractivity (Wildman–Crippen MR) is 85.9 cm³/mol. The summed E-state index contributed by atoms with van der Waals surface area (Å²) in [5, 5.41) is 4.07. The minimum atomic E-state index is -4.58. The molecule has 0 saturated heterocycles. The molecule has 0 aliphatic heterocycles. The Morgan fingerprint density at radius 1 is 1.00 bits per heavy atom. The average Bonchev–Trinajstić information content (AvgIpc) is 2.59. The number of hydrogen-bond donors (Lipinski definition) is 2. The van der Waals surface area contributed by atoms with Gasteiger partial charge in [-0.3, -0.25) is 9.59 Å². The second-order valence-corrected chi connectivity index (χ2v) is 5.20. The van der Waals surface area contributed by atoms with E-state index >= 15 is 0 Å². The lowest BCUT2D eigenvalue weighted by atomic mass is 10.1. The molecule has 2 rings (SSSR count). The molecule has 2 amide bonds. The molecule has 2 aromatic rings. The number of halogens is 5. The SMILES string of the molecule is O=C(Nc1ccccc1C(=O)NCC(F)(F)F)c1cccc(OC(F)F)c1. The number of rotatable bonds is 6. The summed E-state index contributed by atoms with van der Waals surface area (Å²) in [4.78, 5) is 24.2. The molecule has 0 atom stereocenters. The zero-order chi connectivity index (χ0) is 20.0. The van der Waals surface area contributed by atoms with E-state index in [4.69, 9.17) is 0 Å².